The predicted molar refractivity (Wildman–Crippen MR) is 103 cm³/mol. The fourth-order valence-electron chi connectivity index (χ4n) is 4.40. The van der Waals surface area contributed by atoms with Gasteiger partial charge in [-0.05, 0) is 49.5 Å². The molecule has 1 aliphatic heterocycles. The Kier molecular flexibility index (Phi) is 5.49. The minimum Gasteiger partial charge on any atom is -0.328 e. The van der Waals surface area contributed by atoms with Gasteiger partial charge in [0.1, 0.15) is 6.04 Å². The molecule has 0 spiro atoms. The minimum atomic E-state index is -0.457. The molecule has 2 aliphatic rings. The third-order valence-corrected chi connectivity index (χ3v) is 5.79. The van der Waals surface area contributed by atoms with E-state index in [1.165, 1.54) is 6.42 Å². The predicted octanol–water partition coefficient (Wildman–Crippen LogP) is 4.34. The maximum atomic E-state index is 13.2. The number of nitrogens with zero attached hydrogens (tertiary/aromatic N) is 1. The number of rotatable bonds is 3. The molecular formula is C22H30N2O2. The summed E-state index contributed by atoms with van der Waals surface area (Å²) in [6, 6.07) is 9.58. The van der Waals surface area contributed by atoms with Crippen LogP contribution in [0.4, 0.5) is 0 Å². The number of likely N-dealkylation sites (tertiary alicyclic amines) is 1. The molecule has 26 heavy (non-hydrogen) atoms. The third-order valence-electron chi connectivity index (χ3n) is 5.79. The van der Waals surface area contributed by atoms with Crippen molar-refractivity contribution in [3.05, 3.63) is 47.7 Å². The molecule has 0 bridgehead atoms. The summed E-state index contributed by atoms with van der Waals surface area (Å²) in [7, 11) is 0. The van der Waals surface area contributed by atoms with Crippen molar-refractivity contribution in [1.82, 2.24) is 10.2 Å². The molecule has 2 amide bonds. The fraction of sp³-hybridized carbons (Fsp3) is 0.545. The summed E-state index contributed by atoms with van der Waals surface area (Å²) in [6.45, 7) is 5.78. The number of benzene rings is 1. The number of allylic oxidation sites excluding steroid dienone is 2. The Labute approximate surface area is 156 Å². The molecule has 1 fully saturated rings. The van der Waals surface area contributed by atoms with Crippen LogP contribution in [0.2, 0.25) is 0 Å². The first kappa shape index (κ1) is 18.7. The van der Waals surface area contributed by atoms with Gasteiger partial charge in [0.25, 0.3) is 0 Å². The summed E-state index contributed by atoms with van der Waals surface area (Å²) in [5.41, 5.74) is 1.87. The van der Waals surface area contributed by atoms with Gasteiger partial charge in [0.15, 0.2) is 0 Å². The van der Waals surface area contributed by atoms with Crippen molar-refractivity contribution in [1.29, 1.82) is 0 Å². The second-order valence-electron chi connectivity index (χ2n) is 8.25. The van der Waals surface area contributed by atoms with Crippen molar-refractivity contribution >= 4 is 11.8 Å². The second kappa shape index (κ2) is 7.65. The lowest BCUT2D eigenvalue weighted by atomic mass is 9.72. The van der Waals surface area contributed by atoms with Gasteiger partial charge in [0.2, 0.25) is 11.8 Å². The maximum absolute atomic E-state index is 13.2. The van der Waals surface area contributed by atoms with Gasteiger partial charge in [0.05, 0.1) is 6.04 Å². The normalized spacial score (nSPS) is 25.3. The number of hydrogen-bond acceptors (Lipinski definition) is 2. The van der Waals surface area contributed by atoms with E-state index in [1.807, 2.05) is 23.1 Å². The molecule has 0 aromatic heterocycles. The third kappa shape index (κ3) is 3.84. The van der Waals surface area contributed by atoms with Crippen LogP contribution in [-0.2, 0) is 9.59 Å². The number of nitrogens with one attached hydrogen (secondary N) is 1. The maximum Gasteiger partial charge on any atom is 0.247 e. The Hall–Kier alpha value is -2.10. The molecule has 3 rings (SSSR count). The van der Waals surface area contributed by atoms with Crippen LogP contribution in [-0.4, -0.2) is 22.8 Å². The summed E-state index contributed by atoms with van der Waals surface area (Å²) in [4.78, 5) is 27.7. The molecule has 2 atom stereocenters. The van der Waals surface area contributed by atoms with Crippen LogP contribution in [0.25, 0.3) is 0 Å². The molecule has 0 saturated carbocycles. The molecule has 1 aliphatic carbocycles. The summed E-state index contributed by atoms with van der Waals surface area (Å²) in [5, 5.41) is 3.13. The van der Waals surface area contributed by atoms with E-state index in [2.05, 4.69) is 37.4 Å². The highest BCUT2D eigenvalue weighted by Gasteiger charge is 2.47. The van der Waals surface area contributed by atoms with E-state index in [4.69, 9.17) is 0 Å². The molecule has 1 N–H and O–H groups in total. The highest BCUT2D eigenvalue weighted by atomic mass is 16.2. The zero-order valence-electron chi connectivity index (χ0n) is 16.1. The van der Waals surface area contributed by atoms with Gasteiger partial charge in [-0.3, -0.25) is 9.59 Å². The summed E-state index contributed by atoms with van der Waals surface area (Å²) >= 11 is 0. The van der Waals surface area contributed by atoms with Crippen molar-refractivity contribution in [2.24, 2.45) is 5.41 Å². The SMILES string of the molecule is CC(=O)N1[C@@H](c2ccccc2)CCC(C)(C)[C@@H]1C(=O)NC1=CCCCC1. The van der Waals surface area contributed by atoms with Crippen molar-refractivity contribution in [3.8, 4) is 0 Å². The number of hydrogen-bond donors (Lipinski definition) is 1. The van der Waals surface area contributed by atoms with Crippen molar-refractivity contribution in [2.45, 2.75) is 71.4 Å². The van der Waals surface area contributed by atoms with Gasteiger partial charge in [-0.15, -0.1) is 0 Å². The van der Waals surface area contributed by atoms with E-state index < -0.39 is 6.04 Å². The number of amides is 2. The van der Waals surface area contributed by atoms with Crippen LogP contribution in [0, 0.1) is 5.41 Å². The molecule has 0 unspecified atom stereocenters. The number of carbonyl (C=O) groups is 2. The average Bonchev–Trinajstić information content (AvgIpc) is 2.62. The van der Waals surface area contributed by atoms with Crippen LogP contribution >= 0.6 is 0 Å². The Morgan fingerprint density at radius 2 is 1.88 bits per heavy atom. The molecule has 1 aromatic rings. The monoisotopic (exact) mass is 354 g/mol. The summed E-state index contributed by atoms with van der Waals surface area (Å²) in [6.07, 6.45) is 8.15. The first-order chi connectivity index (χ1) is 12.4. The standard InChI is InChI=1S/C22H30N2O2/c1-16(25)24-19(17-10-6-4-7-11-17)14-15-22(2,3)20(24)21(26)23-18-12-8-5-9-13-18/h4,6-7,10-12,19-20H,5,8-9,13-15H2,1-3H3,(H,23,26)/t19-,20+/m1/s1. The lowest BCUT2D eigenvalue weighted by molar-refractivity contribution is -0.151. The highest BCUT2D eigenvalue weighted by Crippen LogP contribution is 2.44. The Bertz CT molecular complexity index is 693. The molecule has 1 saturated heterocycles. The van der Waals surface area contributed by atoms with E-state index in [0.717, 1.165) is 43.4 Å². The Balaban J connectivity index is 1.91. The molecular weight excluding hydrogens is 324 g/mol. The van der Waals surface area contributed by atoms with Gasteiger partial charge in [-0.2, -0.15) is 0 Å². The first-order valence-corrected chi connectivity index (χ1v) is 9.74. The van der Waals surface area contributed by atoms with Crippen molar-refractivity contribution < 1.29 is 9.59 Å². The van der Waals surface area contributed by atoms with Crippen molar-refractivity contribution in [3.63, 3.8) is 0 Å². The van der Waals surface area contributed by atoms with Crippen LogP contribution < -0.4 is 5.32 Å². The van der Waals surface area contributed by atoms with E-state index in [1.54, 1.807) is 6.92 Å². The largest absolute Gasteiger partial charge is 0.328 e. The summed E-state index contributed by atoms with van der Waals surface area (Å²) < 4.78 is 0. The topological polar surface area (TPSA) is 49.4 Å². The van der Waals surface area contributed by atoms with Crippen LogP contribution in [0.1, 0.15) is 70.9 Å². The second-order valence-corrected chi connectivity index (χ2v) is 8.25. The van der Waals surface area contributed by atoms with E-state index in [9.17, 15) is 9.59 Å². The van der Waals surface area contributed by atoms with Crippen LogP contribution in [0.5, 0.6) is 0 Å². The van der Waals surface area contributed by atoms with E-state index in [-0.39, 0.29) is 23.3 Å². The molecule has 1 heterocycles. The molecule has 4 nitrogen and oxygen atoms in total. The fourth-order valence-corrected chi connectivity index (χ4v) is 4.40. The van der Waals surface area contributed by atoms with Gasteiger partial charge >= 0.3 is 0 Å². The Morgan fingerprint density at radius 1 is 1.15 bits per heavy atom. The first-order valence-electron chi connectivity index (χ1n) is 9.74. The molecule has 140 valence electrons. The van der Waals surface area contributed by atoms with E-state index >= 15 is 0 Å². The molecule has 0 radical (unpaired) electrons. The zero-order chi connectivity index (χ0) is 18.7. The van der Waals surface area contributed by atoms with Crippen LogP contribution in [0.15, 0.2) is 42.1 Å². The van der Waals surface area contributed by atoms with Gasteiger partial charge < -0.3 is 10.2 Å². The zero-order valence-corrected chi connectivity index (χ0v) is 16.1. The molecule has 4 heteroatoms. The van der Waals surface area contributed by atoms with Gasteiger partial charge in [-0.25, -0.2) is 0 Å². The summed E-state index contributed by atoms with van der Waals surface area (Å²) in [5.74, 6) is -0.0802. The lowest BCUT2D eigenvalue weighted by Crippen LogP contribution is -2.59. The number of carbonyl (C=O) groups excluding carboxylic acids is 2. The average molecular weight is 354 g/mol. The highest BCUT2D eigenvalue weighted by molar-refractivity contribution is 5.89. The Morgan fingerprint density at radius 3 is 2.50 bits per heavy atom. The van der Waals surface area contributed by atoms with E-state index in [0.29, 0.717) is 0 Å². The minimum absolute atomic E-state index is 0.0376. The quantitative estimate of drug-likeness (QED) is 0.878. The van der Waals surface area contributed by atoms with Crippen LogP contribution in [0.3, 0.4) is 0 Å². The van der Waals surface area contributed by atoms with Crippen molar-refractivity contribution in [2.75, 3.05) is 0 Å². The number of piperidine rings is 1. The van der Waals surface area contributed by atoms with Gasteiger partial charge in [-0.1, -0.05) is 50.3 Å². The lowest BCUT2D eigenvalue weighted by Gasteiger charge is -2.49. The smallest absolute Gasteiger partial charge is 0.247 e. The molecule has 1 aromatic carbocycles. The van der Waals surface area contributed by atoms with Gasteiger partial charge in [0, 0.05) is 12.6 Å².